The van der Waals surface area contributed by atoms with Crippen molar-refractivity contribution in [2.75, 3.05) is 6.61 Å². The van der Waals surface area contributed by atoms with Gasteiger partial charge in [0.15, 0.2) is 0 Å². The van der Waals surface area contributed by atoms with Gasteiger partial charge in [-0.1, -0.05) is 0 Å². The summed E-state index contributed by atoms with van der Waals surface area (Å²) < 4.78 is 4.67. The number of rotatable bonds is 4. The second kappa shape index (κ2) is 5.06. The fourth-order valence-electron chi connectivity index (χ4n) is 1.12. The second-order valence-electron chi connectivity index (χ2n) is 2.95. The van der Waals surface area contributed by atoms with Crippen LogP contribution in [0.1, 0.15) is 12.6 Å². The Morgan fingerprint density at radius 1 is 1.62 bits per heavy atom. The molecule has 16 heavy (non-hydrogen) atoms. The third-order valence-corrected chi connectivity index (χ3v) is 1.79. The SMILES string of the molecule is CCOC(=O)Cc1cc(=O)c([N+](=O)[O-])c[nH]1. The number of nitro groups is 1. The summed E-state index contributed by atoms with van der Waals surface area (Å²) in [4.78, 5) is 34.3. The van der Waals surface area contributed by atoms with Gasteiger partial charge >= 0.3 is 11.7 Å². The number of hydrogen-bond donors (Lipinski definition) is 1. The molecule has 86 valence electrons. The average molecular weight is 226 g/mol. The molecule has 0 unspecified atom stereocenters. The topological polar surface area (TPSA) is 102 Å². The first-order chi connectivity index (χ1) is 7.54. The molecular weight excluding hydrogens is 216 g/mol. The molecule has 1 rings (SSSR count). The fraction of sp³-hybridized carbons (Fsp3) is 0.333. The van der Waals surface area contributed by atoms with Crippen molar-refractivity contribution in [3.05, 3.63) is 38.3 Å². The third-order valence-electron chi connectivity index (χ3n) is 1.79. The molecule has 0 radical (unpaired) electrons. The monoisotopic (exact) mass is 226 g/mol. The predicted octanol–water partition coefficient (Wildman–Crippen LogP) is 0.389. The molecule has 1 aromatic rings. The summed E-state index contributed by atoms with van der Waals surface area (Å²) in [6.45, 7) is 1.91. The van der Waals surface area contributed by atoms with Crippen molar-refractivity contribution >= 4 is 11.7 Å². The van der Waals surface area contributed by atoms with Crippen LogP contribution in [-0.4, -0.2) is 22.5 Å². The van der Waals surface area contributed by atoms with Crippen LogP contribution in [-0.2, 0) is 16.0 Å². The lowest BCUT2D eigenvalue weighted by molar-refractivity contribution is -0.386. The van der Waals surface area contributed by atoms with Crippen molar-refractivity contribution in [1.82, 2.24) is 4.98 Å². The number of esters is 1. The number of aromatic nitrogens is 1. The zero-order chi connectivity index (χ0) is 12.1. The maximum Gasteiger partial charge on any atom is 0.332 e. The van der Waals surface area contributed by atoms with Gasteiger partial charge in [0.1, 0.15) is 0 Å². The molecule has 1 N–H and O–H groups in total. The molecule has 0 saturated carbocycles. The van der Waals surface area contributed by atoms with E-state index >= 15 is 0 Å². The van der Waals surface area contributed by atoms with Gasteiger partial charge < -0.3 is 9.72 Å². The van der Waals surface area contributed by atoms with E-state index in [4.69, 9.17) is 0 Å². The minimum absolute atomic E-state index is 0.110. The molecule has 0 aromatic carbocycles. The summed E-state index contributed by atoms with van der Waals surface area (Å²) in [7, 11) is 0. The molecule has 0 aliphatic rings. The summed E-state index contributed by atoms with van der Waals surface area (Å²) in [6, 6.07) is 1.02. The largest absolute Gasteiger partial charge is 0.466 e. The highest BCUT2D eigenvalue weighted by atomic mass is 16.6. The standard InChI is InChI=1S/C9H10N2O5/c1-2-16-9(13)4-6-3-8(12)7(5-10-6)11(14)15/h3,5H,2,4H2,1H3,(H,10,12). The van der Waals surface area contributed by atoms with E-state index in [1.165, 1.54) is 0 Å². The van der Waals surface area contributed by atoms with Gasteiger partial charge in [-0.3, -0.25) is 19.7 Å². The highest BCUT2D eigenvalue weighted by Crippen LogP contribution is 2.03. The van der Waals surface area contributed by atoms with Crippen LogP contribution >= 0.6 is 0 Å². The van der Waals surface area contributed by atoms with Crippen molar-refractivity contribution in [2.24, 2.45) is 0 Å². The van der Waals surface area contributed by atoms with Gasteiger partial charge in [0, 0.05) is 11.8 Å². The first kappa shape index (κ1) is 11.9. The lowest BCUT2D eigenvalue weighted by Gasteiger charge is -2.01. The molecule has 0 aliphatic heterocycles. The van der Waals surface area contributed by atoms with E-state index in [1.54, 1.807) is 6.92 Å². The van der Waals surface area contributed by atoms with Gasteiger partial charge in [0.25, 0.3) is 5.43 Å². The van der Waals surface area contributed by atoms with E-state index in [-0.39, 0.29) is 18.7 Å². The lowest BCUT2D eigenvalue weighted by atomic mass is 10.2. The van der Waals surface area contributed by atoms with Crippen LogP contribution in [0.15, 0.2) is 17.1 Å². The number of carbonyl (C=O) groups excluding carboxylic acids is 1. The Kier molecular flexibility index (Phi) is 3.76. The summed E-state index contributed by atoms with van der Waals surface area (Å²) >= 11 is 0. The molecule has 0 amide bonds. The van der Waals surface area contributed by atoms with E-state index < -0.39 is 22.0 Å². The lowest BCUT2D eigenvalue weighted by Crippen LogP contribution is -2.13. The molecule has 7 nitrogen and oxygen atoms in total. The molecule has 1 aromatic heterocycles. The van der Waals surface area contributed by atoms with Gasteiger partial charge in [0.2, 0.25) is 0 Å². The van der Waals surface area contributed by atoms with E-state index in [2.05, 4.69) is 9.72 Å². The molecular formula is C9H10N2O5. The molecule has 0 fully saturated rings. The van der Waals surface area contributed by atoms with Crippen LogP contribution < -0.4 is 5.43 Å². The normalized spacial score (nSPS) is 9.81. The summed E-state index contributed by atoms with van der Waals surface area (Å²) in [5.74, 6) is -0.494. The number of nitrogens with one attached hydrogen (secondary N) is 1. The second-order valence-corrected chi connectivity index (χ2v) is 2.95. The highest BCUT2D eigenvalue weighted by molar-refractivity contribution is 5.71. The van der Waals surface area contributed by atoms with Gasteiger partial charge in [-0.25, -0.2) is 0 Å². The Labute approximate surface area is 90.2 Å². The summed E-state index contributed by atoms with van der Waals surface area (Å²) in [5.41, 5.74) is -0.996. The molecule has 1 heterocycles. The molecule has 0 spiro atoms. The number of carbonyl (C=O) groups is 1. The Hall–Kier alpha value is -2.18. The van der Waals surface area contributed by atoms with E-state index in [0.717, 1.165) is 12.3 Å². The molecule has 7 heteroatoms. The maximum absolute atomic E-state index is 11.2. The zero-order valence-corrected chi connectivity index (χ0v) is 8.56. The van der Waals surface area contributed by atoms with Crippen LogP contribution in [0.25, 0.3) is 0 Å². The first-order valence-electron chi connectivity index (χ1n) is 4.56. The average Bonchev–Trinajstić information content (AvgIpc) is 2.17. The van der Waals surface area contributed by atoms with Crippen LogP contribution in [0.4, 0.5) is 5.69 Å². The number of pyridine rings is 1. The smallest absolute Gasteiger partial charge is 0.332 e. The summed E-state index contributed by atoms with van der Waals surface area (Å²) in [6.07, 6.45) is 0.859. The van der Waals surface area contributed by atoms with Crippen LogP contribution in [0.2, 0.25) is 0 Å². The quantitative estimate of drug-likeness (QED) is 0.454. The number of H-pyrrole nitrogens is 1. The summed E-state index contributed by atoms with van der Waals surface area (Å²) in [5, 5.41) is 10.4. The Morgan fingerprint density at radius 2 is 2.31 bits per heavy atom. The highest BCUT2D eigenvalue weighted by Gasteiger charge is 2.13. The van der Waals surface area contributed by atoms with Crippen LogP contribution in [0.3, 0.4) is 0 Å². The molecule has 0 atom stereocenters. The molecule has 0 bridgehead atoms. The predicted molar refractivity (Wildman–Crippen MR) is 54.1 cm³/mol. The van der Waals surface area contributed by atoms with Crippen LogP contribution in [0, 0.1) is 10.1 Å². The molecule has 0 aliphatic carbocycles. The van der Waals surface area contributed by atoms with Crippen molar-refractivity contribution in [3.8, 4) is 0 Å². The number of nitrogens with zero attached hydrogens (tertiary/aromatic N) is 1. The van der Waals surface area contributed by atoms with Gasteiger partial charge in [-0.05, 0) is 6.92 Å². The number of ether oxygens (including phenoxy) is 1. The third kappa shape index (κ3) is 2.91. The van der Waals surface area contributed by atoms with E-state index in [1.807, 2.05) is 0 Å². The fourth-order valence-corrected chi connectivity index (χ4v) is 1.12. The van der Waals surface area contributed by atoms with E-state index in [0.29, 0.717) is 0 Å². The van der Waals surface area contributed by atoms with Crippen LogP contribution in [0.5, 0.6) is 0 Å². The van der Waals surface area contributed by atoms with Crippen molar-refractivity contribution in [1.29, 1.82) is 0 Å². The van der Waals surface area contributed by atoms with E-state index in [9.17, 15) is 19.7 Å². The van der Waals surface area contributed by atoms with Crippen molar-refractivity contribution in [3.63, 3.8) is 0 Å². The minimum atomic E-state index is -0.785. The number of hydrogen-bond acceptors (Lipinski definition) is 5. The molecule has 0 saturated heterocycles. The Morgan fingerprint density at radius 3 is 2.81 bits per heavy atom. The van der Waals surface area contributed by atoms with Crippen molar-refractivity contribution in [2.45, 2.75) is 13.3 Å². The zero-order valence-electron chi connectivity index (χ0n) is 8.56. The minimum Gasteiger partial charge on any atom is -0.466 e. The van der Waals surface area contributed by atoms with Gasteiger partial charge in [0.05, 0.1) is 24.1 Å². The Bertz CT molecular complexity index is 465. The van der Waals surface area contributed by atoms with Crippen molar-refractivity contribution < 1.29 is 14.5 Å². The van der Waals surface area contributed by atoms with Gasteiger partial charge in [-0.2, -0.15) is 0 Å². The maximum atomic E-state index is 11.2. The first-order valence-corrected chi connectivity index (χ1v) is 4.56. The number of aromatic amines is 1. The van der Waals surface area contributed by atoms with Gasteiger partial charge in [-0.15, -0.1) is 0 Å². The Balaban J connectivity index is 2.86.